The molecule has 0 aromatic heterocycles. The number of hydrogen-bond donors (Lipinski definition) is 2. The molecule has 1 amide bonds. The van der Waals surface area contributed by atoms with Crippen molar-refractivity contribution < 1.29 is 9.53 Å². The molecule has 0 aliphatic heterocycles. The lowest BCUT2D eigenvalue weighted by Crippen LogP contribution is -2.19. The van der Waals surface area contributed by atoms with Gasteiger partial charge in [0, 0.05) is 0 Å². The normalized spacial score (nSPS) is 17.0. The molecule has 0 fully saturated rings. The fourth-order valence-electron chi connectivity index (χ4n) is 2.85. The van der Waals surface area contributed by atoms with Gasteiger partial charge in [-0.15, -0.1) is 0 Å². The number of carbonyl (C=O) groups is 1. The van der Waals surface area contributed by atoms with Crippen LogP contribution >= 0.6 is 0 Å². The van der Waals surface area contributed by atoms with Crippen molar-refractivity contribution >= 4 is 11.6 Å². The quantitative estimate of drug-likeness (QED) is 0.850. The Morgan fingerprint density at radius 1 is 1.14 bits per heavy atom. The second-order valence-corrected chi connectivity index (χ2v) is 5.29. The number of anilines is 1. The third-order valence-electron chi connectivity index (χ3n) is 3.89. The fraction of sp³-hybridized carbons (Fsp3) is 0.235. The molecule has 4 nitrogen and oxygen atoms in total. The van der Waals surface area contributed by atoms with Crippen LogP contribution in [-0.2, 0) is 6.42 Å². The van der Waals surface area contributed by atoms with Crippen molar-refractivity contribution in [3.8, 4) is 5.75 Å². The number of ether oxygens (including phenoxy) is 1. The van der Waals surface area contributed by atoms with Crippen molar-refractivity contribution in [1.29, 1.82) is 0 Å². The highest BCUT2D eigenvalue weighted by Gasteiger charge is 2.24. The van der Waals surface area contributed by atoms with E-state index in [1.165, 1.54) is 11.1 Å². The molecule has 0 saturated heterocycles. The Labute approximate surface area is 123 Å². The summed E-state index contributed by atoms with van der Waals surface area (Å²) < 4.78 is 6.08. The van der Waals surface area contributed by atoms with Crippen LogP contribution in [0.25, 0.3) is 0 Å². The van der Waals surface area contributed by atoms with Gasteiger partial charge in [0.1, 0.15) is 6.10 Å². The van der Waals surface area contributed by atoms with Crippen LogP contribution in [0.4, 0.5) is 5.69 Å². The number of primary amides is 1. The summed E-state index contributed by atoms with van der Waals surface area (Å²) in [6, 6.07) is 13.3. The molecule has 0 saturated carbocycles. The van der Waals surface area contributed by atoms with Crippen molar-refractivity contribution in [3.05, 3.63) is 59.2 Å². The van der Waals surface area contributed by atoms with Gasteiger partial charge in [0.25, 0.3) is 5.91 Å². The van der Waals surface area contributed by atoms with Gasteiger partial charge in [-0.3, -0.25) is 4.79 Å². The van der Waals surface area contributed by atoms with E-state index in [9.17, 15) is 4.79 Å². The Morgan fingerprint density at radius 3 is 2.76 bits per heavy atom. The first-order valence-corrected chi connectivity index (χ1v) is 7.09. The van der Waals surface area contributed by atoms with Crippen molar-refractivity contribution in [2.75, 3.05) is 5.73 Å². The van der Waals surface area contributed by atoms with E-state index in [2.05, 4.69) is 12.1 Å². The largest absolute Gasteiger partial charge is 0.483 e. The lowest BCUT2D eigenvalue weighted by molar-refractivity contribution is 0.0991. The number of para-hydroxylation sites is 1. The van der Waals surface area contributed by atoms with Gasteiger partial charge < -0.3 is 16.2 Å². The number of fused-ring (bicyclic) bond motifs is 1. The van der Waals surface area contributed by atoms with Gasteiger partial charge in [-0.1, -0.05) is 30.3 Å². The number of nitrogen functional groups attached to an aromatic ring is 1. The van der Waals surface area contributed by atoms with Gasteiger partial charge in [-0.2, -0.15) is 0 Å². The highest BCUT2D eigenvalue weighted by atomic mass is 16.5. The molecular weight excluding hydrogens is 264 g/mol. The van der Waals surface area contributed by atoms with E-state index in [0.29, 0.717) is 17.0 Å². The zero-order chi connectivity index (χ0) is 14.8. The Kier molecular flexibility index (Phi) is 3.52. The maximum Gasteiger partial charge on any atom is 0.252 e. The molecule has 1 atom stereocenters. The molecule has 2 aromatic rings. The molecule has 0 spiro atoms. The van der Waals surface area contributed by atoms with Crippen LogP contribution in [0.3, 0.4) is 0 Å². The Balaban J connectivity index is 1.97. The van der Waals surface area contributed by atoms with E-state index in [1.54, 1.807) is 18.2 Å². The van der Waals surface area contributed by atoms with Gasteiger partial charge in [-0.05, 0) is 42.5 Å². The topological polar surface area (TPSA) is 78.3 Å². The van der Waals surface area contributed by atoms with Crippen LogP contribution in [0.1, 0.15) is 40.4 Å². The van der Waals surface area contributed by atoms with Crippen molar-refractivity contribution in [1.82, 2.24) is 0 Å². The summed E-state index contributed by atoms with van der Waals surface area (Å²) in [5, 5.41) is 0. The molecule has 108 valence electrons. The molecule has 3 rings (SSSR count). The van der Waals surface area contributed by atoms with Crippen LogP contribution in [0.2, 0.25) is 0 Å². The second kappa shape index (κ2) is 5.48. The number of rotatable bonds is 3. The lowest BCUT2D eigenvalue weighted by Gasteiger charge is -2.27. The highest BCUT2D eigenvalue weighted by Crippen LogP contribution is 2.37. The van der Waals surface area contributed by atoms with E-state index in [-0.39, 0.29) is 6.10 Å². The molecule has 0 heterocycles. The minimum Gasteiger partial charge on any atom is -0.483 e. The van der Waals surface area contributed by atoms with E-state index < -0.39 is 5.91 Å². The third-order valence-corrected chi connectivity index (χ3v) is 3.89. The average Bonchev–Trinajstić information content (AvgIpc) is 2.49. The molecule has 21 heavy (non-hydrogen) atoms. The number of aryl methyl sites for hydroxylation is 1. The summed E-state index contributed by atoms with van der Waals surface area (Å²) in [5.41, 5.74) is 14.6. The van der Waals surface area contributed by atoms with Gasteiger partial charge >= 0.3 is 0 Å². The minimum absolute atomic E-state index is 0.0854. The average molecular weight is 282 g/mol. The van der Waals surface area contributed by atoms with E-state index in [0.717, 1.165) is 19.3 Å². The van der Waals surface area contributed by atoms with Gasteiger partial charge in [0.15, 0.2) is 5.75 Å². The first-order valence-electron chi connectivity index (χ1n) is 7.09. The van der Waals surface area contributed by atoms with Crippen LogP contribution in [-0.4, -0.2) is 5.91 Å². The smallest absolute Gasteiger partial charge is 0.252 e. The number of nitrogens with two attached hydrogens (primary N) is 2. The van der Waals surface area contributed by atoms with Gasteiger partial charge in [0.05, 0.1) is 11.3 Å². The number of carbonyl (C=O) groups excluding carboxylic acids is 1. The first kappa shape index (κ1) is 13.5. The van der Waals surface area contributed by atoms with Gasteiger partial charge in [0.2, 0.25) is 0 Å². The summed E-state index contributed by atoms with van der Waals surface area (Å²) in [5.74, 6) is -0.131. The van der Waals surface area contributed by atoms with E-state index in [4.69, 9.17) is 16.2 Å². The summed E-state index contributed by atoms with van der Waals surface area (Å²) in [7, 11) is 0. The number of benzene rings is 2. The Hall–Kier alpha value is -2.49. The molecule has 4 N–H and O–H groups in total. The third kappa shape index (κ3) is 2.57. The Morgan fingerprint density at radius 2 is 1.95 bits per heavy atom. The number of hydrogen-bond acceptors (Lipinski definition) is 3. The zero-order valence-corrected chi connectivity index (χ0v) is 11.7. The molecule has 1 aliphatic rings. The SMILES string of the molecule is NC(=O)c1cccc(N)c1OC1CCCc2ccccc21. The summed E-state index contributed by atoms with van der Waals surface area (Å²) in [6.07, 6.45) is 2.94. The molecule has 2 aromatic carbocycles. The van der Waals surface area contributed by atoms with E-state index >= 15 is 0 Å². The maximum absolute atomic E-state index is 11.5. The molecule has 1 aliphatic carbocycles. The monoisotopic (exact) mass is 282 g/mol. The minimum atomic E-state index is -0.526. The molecule has 0 radical (unpaired) electrons. The standard InChI is InChI=1S/C17H18N2O2/c18-14-9-4-8-13(17(19)20)16(14)21-15-10-3-6-11-5-1-2-7-12(11)15/h1-2,4-5,7-9,15H,3,6,10,18H2,(H2,19,20). The van der Waals surface area contributed by atoms with E-state index in [1.807, 2.05) is 12.1 Å². The lowest BCUT2D eigenvalue weighted by atomic mass is 9.89. The Bertz CT molecular complexity index is 682. The summed E-state index contributed by atoms with van der Waals surface area (Å²) >= 11 is 0. The highest BCUT2D eigenvalue weighted by molar-refractivity contribution is 5.97. The van der Waals surface area contributed by atoms with Crippen LogP contribution in [0, 0.1) is 0 Å². The van der Waals surface area contributed by atoms with Crippen molar-refractivity contribution in [2.45, 2.75) is 25.4 Å². The summed E-state index contributed by atoms with van der Waals surface area (Å²) in [4.78, 5) is 11.5. The van der Waals surface area contributed by atoms with Crippen LogP contribution < -0.4 is 16.2 Å². The van der Waals surface area contributed by atoms with Crippen LogP contribution in [0.15, 0.2) is 42.5 Å². The van der Waals surface area contributed by atoms with Gasteiger partial charge in [-0.25, -0.2) is 0 Å². The predicted molar refractivity (Wildman–Crippen MR) is 82.1 cm³/mol. The summed E-state index contributed by atoms with van der Waals surface area (Å²) in [6.45, 7) is 0. The maximum atomic E-state index is 11.5. The van der Waals surface area contributed by atoms with Crippen LogP contribution in [0.5, 0.6) is 5.75 Å². The van der Waals surface area contributed by atoms with Crippen molar-refractivity contribution in [3.63, 3.8) is 0 Å². The molecule has 0 bridgehead atoms. The first-order chi connectivity index (χ1) is 10.2. The fourth-order valence-corrected chi connectivity index (χ4v) is 2.85. The zero-order valence-electron chi connectivity index (χ0n) is 11.7. The molecule has 1 unspecified atom stereocenters. The predicted octanol–water partition coefficient (Wildman–Crippen LogP) is 2.82. The number of amides is 1. The van der Waals surface area contributed by atoms with Crippen molar-refractivity contribution in [2.24, 2.45) is 5.73 Å². The molecule has 4 heteroatoms. The second-order valence-electron chi connectivity index (χ2n) is 5.29. The molecular formula is C17H18N2O2.